The lowest BCUT2D eigenvalue weighted by Crippen LogP contribution is -2.42. The van der Waals surface area contributed by atoms with E-state index in [0.717, 1.165) is 12.1 Å². The highest BCUT2D eigenvalue weighted by molar-refractivity contribution is 5.83. The molecule has 0 fully saturated rings. The molecule has 1 aromatic rings. The van der Waals surface area contributed by atoms with Gasteiger partial charge in [0.05, 0.1) is 18.3 Å². The Labute approximate surface area is 113 Å². The normalized spacial score (nSPS) is 11.8. The van der Waals surface area contributed by atoms with Gasteiger partial charge in [-0.2, -0.15) is 5.10 Å². The summed E-state index contributed by atoms with van der Waals surface area (Å²) in [6.07, 6.45) is 2.45. The highest BCUT2D eigenvalue weighted by atomic mass is 16.2. The van der Waals surface area contributed by atoms with Gasteiger partial charge in [0.25, 0.3) is 0 Å². The van der Waals surface area contributed by atoms with Crippen molar-refractivity contribution in [2.24, 2.45) is 7.05 Å². The van der Waals surface area contributed by atoms with Gasteiger partial charge in [0.2, 0.25) is 5.91 Å². The Morgan fingerprint density at radius 1 is 1.47 bits per heavy atom. The molecule has 0 aliphatic carbocycles. The van der Waals surface area contributed by atoms with Crippen LogP contribution < -0.4 is 10.6 Å². The summed E-state index contributed by atoms with van der Waals surface area (Å²) in [5.41, 5.74) is 0.940. The molecule has 2 N–H and O–H groups in total. The molecule has 0 spiro atoms. The van der Waals surface area contributed by atoms with Crippen LogP contribution in [0.1, 0.15) is 25.1 Å². The van der Waals surface area contributed by atoms with E-state index in [4.69, 9.17) is 0 Å². The van der Waals surface area contributed by atoms with Crippen molar-refractivity contribution >= 4 is 11.9 Å². The second-order valence-corrected chi connectivity index (χ2v) is 4.46. The molecule has 1 rings (SSSR count). The molecule has 7 heteroatoms. The number of rotatable bonds is 5. The van der Waals surface area contributed by atoms with Crippen LogP contribution in [-0.2, 0) is 11.8 Å². The molecular formula is C12H21N5O2. The van der Waals surface area contributed by atoms with Crippen LogP contribution in [0.25, 0.3) is 0 Å². The third-order valence-electron chi connectivity index (χ3n) is 2.77. The van der Waals surface area contributed by atoms with Gasteiger partial charge >= 0.3 is 6.03 Å². The number of aryl methyl sites for hydroxylation is 1. The third-order valence-corrected chi connectivity index (χ3v) is 2.77. The molecule has 0 aliphatic rings. The summed E-state index contributed by atoms with van der Waals surface area (Å²) >= 11 is 0. The Morgan fingerprint density at radius 3 is 2.63 bits per heavy atom. The number of nitrogens with one attached hydrogen (secondary N) is 2. The Balaban J connectivity index is 2.51. The highest BCUT2D eigenvalue weighted by Crippen LogP contribution is 2.14. The SMILES string of the molecule is CC[C@@H](NC(=O)CNC(=O)N(C)C)c1ccnn1C. The molecule has 0 saturated carbocycles. The average Bonchev–Trinajstić information content (AvgIpc) is 2.79. The number of nitrogens with zero attached hydrogens (tertiary/aromatic N) is 3. The summed E-state index contributed by atoms with van der Waals surface area (Å²) in [6, 6.07) is 1.48. The average molecular weight is 267 g/mol. The van der Waals surface area contributed by atoms with E-state index in [9.17, 15) is 9.59 Å². The van der Waals surface area contributed by atoms with E-state index < -0.39 is 0 Å². The molecule has 0 aliphatic heterocycles. The summed E-state index contributed by atoms with van der Waals surface area (Å²) in [5, 5.41) is 9.47. The van der Waals surface area contributed by atoms with Crippen LogP contribution in [0.2, 0.25) is 0 Å². The van der Waals surface area contributed by atoms with Gasteiger partial charge in [0, 0.05) is 27.3 Å². The summed E-state index contributed by atoms with van der Waals surface area (Å²) in [7, 11) is 5.08. The van der Waals surface area contributed by atoms with Gasteiger partial charge in [0.15, 0.2) is 0 Å². The lowest BCUT2D eigenvalue weighted by molar-refractivity contribution is -0.120. The van der Waals surface area contributed by atoms with Crippen molar-refractivity contribution in [1.82, 2.24) is 25.3 Å². The monoisotopic (exact) mass is 267 g/mol. The first-order chi connectivity index (χ1) is 8.95. The molecule has 1 aromatic heterocycles. The highest BCUT2D eigenvalue weighted by Gasteiger charge is 2.16. The first-order valence-electron chi connectivity index (χ1n) is 6.18. The number of urea groups is 1. The number of carbonyl (C=O) groups excluding carboxylic acids is 2. The maximum absolute atomic E-state index is 11.8. The van der Waals surface area contributed by atoms with Crippen LogP contribution in [0.5, 0.6) is 0 Å². The maximum atomic E-state index is 11.8. The summed E-state index contributed by atoms with van der Waals surface area (Å²) in [5.74, 6) is -0.219. The third kappa shape index (κ3) is 4.27. The number of amides is 3. The molecule has 0 aromatic carbocycles. The molecule has 3 amide bonds. The van der Waals surface area contributed by atoms with Crippen LogP contribution in [0.4, 0.5) is 4.79 Å². The van der Waals surface area contributed by atoms with Gasteiger partial charge in [-0.25, -0.2) is 4.79 Å². The Kier molecular flexibility index (Phi) is 5.35. The molecule has 7 nitrogen and oxygen atoms in total. The van der Waals surface area contributed by atoms with E-state index in [-0.39, 0.29) is 24.5 Å². The van der Waals surface area contributed by atoms with Gasteiger partial charge in [0.1, 0.15) is 0 Å². The fourth-order valence-corrected chi connectivity index (χ4v) is 1.67. The summed E-state index contributed by atoms with van der Waals surface area (Å²) < 4.78 is 1.73. The van der Waals surface area contributed by atoms with Crippen molar-refractivity contribution in [1.29, 1.82) is 0 Å². The molecule has 1 atom stereocenters. The first-order valence-corrected chi connectivity index (χ1v) is 6.18. The molecule has 0 unspecified atom stereocenters. The fourth-order valence-electron chi connectivity index (χ4n) is 1.67. The first kappa shape index (κ1) is 15.0. The minimum Gasteiger partial charge on any atom is -0.346 e. The quantitative estimate of drug-likeness (QED) is 0.803. The zero-order valence-corrected chi connectivity index (χ0v) is 11.8. The maximum Gasteiger partial charge on any atom is 0.317 e. The minimum absolute atomic E-state index is 0.0363. The molecule has 0 saturated heterocycles. The standard InChI is InChI=1S/C12H21N5O2/c1-5-9(10-6-7-14-17(10)4)15-11(18)8-13-12(19)16(2)3/h6-7,9H,5,8H2,1-4H3,(H,13,19)(H,15,18)/t9-/m1/s1. The minimum atomic E-state index is -0.288. The second-order valence-electron chi connectivity index (χ2n) is 4.46. The van der Waals surface area contributed by atoms with Crippen LogP contribution in [-0.4, -0.2) is 47.3 Å². The predicted octanol–water partition coefficient (Wildman–Crippen LogP) is 0.259. The van der Waals surface area contributed by atoms with Gasteiger partial charge in [-0.15, -0.1) is 0 Å². The predicted molar refractivity (Wildman–Crippen MR) is 71.5 cm³/mol. The molecule has 1 heterocycles. The fraction of sp³-hybridized carbons (Fsp3) is 0.583. The van der Waals surface area contributed by atoms with Gasteiger partial charge in [-0.05, 0) is 12.5 Å². The van der Waals surface area contributed by atoms with E-state index in [1.54, 1.807) is 25.0 Å². The largest absolute Gasteiger partial charge is 0.346 e. The van der Waals surface area contributed by atoms with E-state index in [1.165, 1.54) is 4.90 Å². The lowest BCUT2D eigenvalue weighted by Gasteiger charge is -2.18. The summed E-state index contributed by atoms with van der Waals surface area (Å²) in [4.78, 5) is 24.5. The smallest absolute Gasteiger partial charge is 0.317 e. The zero-order chi connectivity index (χ0) is 14.4. The van der Waals surface area contributed by atoms with Crippen LogP contribution >= 0.6 is 0 Å². The van der Waals surface area contributed by atoms with Crippen molar-refractivity contribution in [3.8, 4) is 0 Å². The van der Waals surface area contributed by atoms with E-state index >= 15 is 0 Å². The molecule has 0 radical (unpaired) electrons. The van der Waals surface area contributed by atoms with Crippen LogP contribution in [0.3, 0.4) is 0 Å². The topological polar surface area (TPSA) is 79.3 Å². The van der Waals surface area contributed by atoms with Crippen molar-refractivity contribution in [2.45, 2.75) is 19.4 Å². The Bertz CT molecular complexity index is 441. The molecule has 19 heavy (non-hydrogen) atoms. The van der Waals surface area contributed by atoms with Gasteiger partial charge < -0.3 is 15.5 Å². The number of hydrogen-bond acceptors (Lipinski definition) is 3. The molecule has 106 valence electrons. The Morgan fingerprint density at radius 2 is 2.16 bits per heavy atom. The number of carbonyl (C=O) groups is 2. The van der Waals surface area contributed by atoms with E-state index in [1.807, 2.05) is 20.0 Å². The number of hydrogen-bond donors (Lipinski definition) is 2. The van der Waals surface area contributed by atoms with Crippen LogP contribution in [0, 0.1) is 0 Å². The second kappa shape index (κ2) is 6.77. The Hall–Kier alpha value is -2.05. The molecule has 0 bridgehead atoms. The van der Waals surface area contributed by atoms with Crippen molar-refractivity contribution in [3.05, 3.63) is 18.0 Å². The van der Waals surface area contributed by atoms with E-state index in [0.29, 0.717) is 0 Å². The van der Waals surface area contributed by atoms with Crippen LogP contribution in [0.15, 0.2) is 12.3 Å². The van der Waals surface area contributed by atoms with Crippen molar-refractivity contribution in [2.75, 3.05) is 20.6 Å². The van der Waals surface area contributed by atoms with Crippen molar-refractivity contribution < 1.29 is 9.59 Å². The van der Waals surface area contributed by atoms with E-state index in [2.05, 4.69) is 15.7 Å². The summed E-state index contributed by atoms with van der Waals surface area (Å²) in [6.45, 7) is 1.95. The lowest BCUT2D eigenvalue weighted by atomic mass is 10.1. The number of aromatic nitrogens is 2. The van der Waals surface area contributed by atoms with Gasteiger partial charge in [-0.3, -0.25) is 9.48 Å². The molecular weight excluding hydrogens is 246 g/mol. The zero-order valence-electron chi connectivity index (χ0n) is 11.8. The van der Waals surface area contributed by atoms with Crippen molar-refractivity contribution in [3.63, 3.8) is 0 Å². The van der Waals surface area contributed by atoms with Gasteiger partial charge in [-0.1, -0.05) is 6.92 Å².